The lowest BCUT2D eigenvalue weighted by molar-refractivity contribution is -0.157. The molecule has 1 aliphatic heterocycles. The summed E-state index contributed by atoms with van der Waals surface area (Å²) in [6, 6.07) is 6.42. The summed E-state index contributed by atoms with van der Waals surface area (Å²) in [5.41, 5.74) is 5.98. The van der Waals surface area contributed by atoms with Gasteiger partial charge >= 0.3 is 17.8 Å². The third-order valence-electron chi connectivity index (χ3n) is 8.23. The molecule has 1 aliphatic carbocycles. The van der Waals surface area contributed by atoms with Gasteiger partial charge in [-0.3, -0.25) is 28.9 Å². The lowest BCUT2D eigenvalue weighted by Gasteiger charge is -2.52. The van der Waals surface area contributed by atoms with Gasteiger partial charge in [0.1, 0.15) is 0 Å². The first kappa shape index (κ1) is 34.3. The van der Waals surface area contributed by atoms with E-state index in [1.54, 1.807) is 24.3 Å². The van der Waals surface area contributed by atoms with E-state index in [1.807, 2.05) is 0 Å². The highest BCUT2D eigenvalue weighted by Gasteiger charge is 2.43. The van der Waals surface area contributed by atoms with Crippen molar-refractivity contribution < 1.29 is 28.7 Å². The summed E-state index contributed by atoms with van der Waals surface area (Å²) in [4.78, 5) is 64.3. The summed E-state index contributed by atoms with van der Waals surface area (Å²) in [6.45, 7) is 2.05. The molecule has 2 atom stereocenters. The van der Waals surface area contributed by atoms with Crippen LogP contribution in [0.1, 0.15) is 70.6 Å². The van der Waals surface area contributed by atoms with Gasteiger partial charge in [0.15, 0.2) is 6.10 Å². The molecule has 1 spiro atoms. The molecule has 13 heteroatoms. The van der Waals surface area contributed by atoms with Crippen molar-refractivity contribution >= 4 is 46.9 Å². The smallest absolute Gasteiger partial charge is 0.313 e. The van der Waals surface area contributed by atoms with E-state index in [4.69, 9.17) is 22.1 Å². The third-order valence-corrected chi connectivity index (χ3v) is 8.48. The van der Waals surface area contributed by atoms with E-state index in [9.17, 15) is 24.0 Å². The highest BCUT2D eigenvalue weighted by molar-refractivity contribution is 6.39. The van der Waals surface area contributed by atoms with Crippen molar-refractivity contribution in [3.63, 3.8) is 0 Å². The molecule has 3 rings (SSSR count). The maximum absolute atomic E-state index is 13.0. The molecule has 1 aromatic rings. The molecule has 4 amide bonds. The Kier molecular flexibility index (Phi) is 13.7. The van der Waals surface area contributed by atoms with Gasteiger partial charge in [0.25, 0.3) is 5.91 Å². The average Bonchev–Trinajstić information content (AvgIpc) is 3.00. The number of ether oxygens (including phenoxy) is 1. The number of carbonyl (C=O) groups excluding carboxylic acids is 5. The first-order valence-corrected chi connectivity index (χ1v) is 15.5. The molecule has 0 bridgehead atoms. The third kappa shape index (κ3) is 10.8. The van der Waals surface area contributed by atoms with Gasteiger partial charge in [-0.2, -0.15) is 0 Å². The summed E-state index contributed by atoms with van der Waals surface area (Å²) < 4.78 is 5.40. The van der Waals surface area contributed by atoms with Crippen LogP contribution in [0.25, 0.3) is 0 Å². The SMILES string of the molecule is CNC(=O)CCC(=O)OC(CCCN)C(=O)NCCN1CCC(NC(=O)C(=O)Nc2ccc(Cl)cc2)CC12CCCCC2. The van der Waals surface area contributed by atoms with E-state index in [0.717, 1.165) is 38.5 Å². The Labute approximate surface area is 258 Å². The number of halogens is 1. The molecule has 2 fully saturated rings. The fourth-order valence-corrected chi connectivity index (χ4v) is 6.07. The number of anilines is 1. The number of nitrogens with one attached hydrogen (secondary N) is 4. The van der Waals surface area contributed by atoms with E-state index in [0.29, 0.717) is 56.2 Å². The highest BCUT2D eigenvalue weighted by atomic mass is 35.5. The number of rotatable bonds is 13. The van der Waals surface area contributed by atoms with Crippen LogP contribution in [-0.4, -0.2) is 85.4 Å². The van der Waals surface area contributed by atoms with E-state index >= 15 is 0 Å². The number of nitrogens with zero attached hydrogens (tertiary/aromatic N) is 1. The molecule has 238 valence electrons. The van der Waals surface area contributed by atoms with E-state index in [1.165, 1.54) is 7.05 Å². The highest BCUT2D eigenvalue weighted by Crippen LogP contribution is 2.40. The van der Waals surface area contributed by atoms with Crippen LogP contribution in [0.4, 0.5) is 5.69 Å². The van der Waals surface area contributed by atoms with Crippen molar-refractivity contribution in [1.29, 1.82) is 0 Å². The fraction of sp³-hybridized carbons (Fsp3) is 0.633. The minimum atomic E-state index is -0.968. The standard InChI is InChI=1S/C30H45ClN6O6/c1-33-25(38)11-12-26(39)43-24(6-5-16-32)27(40)34-17-19-37-18-13-23(20-30(37)14-3-2-4-15-30)36-29(42)28(41)35-22-9-7-21(31)8-10-22/h7-10,23-24H,2-6,11-20,32H2,1H3,(H,33,38)(H,34,40)(H,35,41)(H,36,42). The molecule has 1 heterocycles. The van der Waals surface area contributed by atoms with Crippen LogP contribution >= 0.6 is 11.6 Å². The second kappa shape index (κ2) is 17.2. The number of likely N-dealkylation sites (tertiary alicyclic amines) is 1. The van der Waals surface area contributed by atoms with Crippen molar-refractivity contribution in [3.8, 4) is 0 Å². The van der Waals surface area contributed by atoms with Crippen LogP contribution in [0.3, 0.4) is 0 Å². The number of esters is 1. The van der Waals surface area contributed by atoms with Crippen LogP contribution in [0.15, 0.2) is 24.3 Å². The zero-order valence-corrected chi connectivity index (χ0v) is 25.7. The van der Waals surface area contributed by atoms with Crippen molar-refractivity contribution in [1.82, 2.24) is 20.9 Å². The van der Waals surface area contributed by atoms with Gasteiger partial charge in [0.2, 0.25) is 5.91 Å². The number of nitrogens with two attached hydrogens (primary N) is 1. The quantitative estimate of drug-likeness (QED) is 0.164. The number of amides is 4. The zero-order valence-electron chi connectivity index (χ0n) is 24.9. The molecule has 0 aromatic heterocycles. The Bertz CT molecular complexity index is 1110. The van der Waals surface area contributed by atoms with Crippen LogP contribution in [0.5, 0.6) is 0 Å². The van der Waals surface area contributed by atoms with Gasteiger partial charge in [-0.1, -0.05) is 30.9 Å². The summed E-state index contributed by atoms with van der Waals surface area (Å²) in [6.07, 6.45) is 6.40. The lowest BCUT2D eigenvalue weighted by Crippen LogP contribution is -2.60. The molecule has 1 aromatic carbocycles. The summed E-state index contributed by atoms with van der Waals surface area (Å²) >= 11 is 5.89. The molecule has 2 aliphatic rings. The van der Waals surface area contributed by atoms with Crippen LogP contribution in [-0.2, 0) is 28.7 Å². The number of carbonyl (C=O) groups is 5. The maximum atomic E-state index is 13.0. The van der Waals surface area contributed by atoms with Crippen molar-refractivity contribution in [3.05, 3.63) is 29.3 Å². The molecule has 6 N–H and O–H groups in total. The first-order chi connectivity index (χ1) is 20.7. The van der Waals surface area contributed by atoms with E-state index in [2.05, 4.69) is 26.2 Å². The van der Waals surface area contributed by atoms with Gasteiger partial charge in [-0.15, -0.1) is 0 Å². The van der Waals surface area contributed by atoms with Gasteiger partial charge < -0.3 is 31.7 Å². The lowest BCUT2D eigenvalue weighted by atomic mass is 9.73. The van der Waals surface area contributed by atoms with Crippen molar-refractivity contribution in [2.45, 2.75) is 88.3 Å². The molecular formula is C30H45ClN6O6. The molecule has 1 saturated carbocycles. The van der Waals surface area contributed by atoms with Gasteiger partial charge in [0, 0.05) is 55.4 Å². The second-order valence-corrected chi connectivity index (χ2v) is 11.7. The normalized spacial score (nSPS) is 18.7. The predicted octanol–water partition coefficient (Wildman–Crippen LogP) is 1.86. The second-order valence-electron chi connectivity index (χ2n) is 11.3. The topological polar surface area (TPSA) is 172 Å². The number of hydrogen-bond acceptors (Lipinski definition) is 8. The molecule has 0 radical (unpaired) electrons. The Morgan fingerprint density at radius 2 is 1.79 bits per heavy atom. The van der Waals surface area contributed by atoms with Crippen molar-refractivity contribution in [2.75, 3.05) is 38.5 Å². The Hall–Kier alpha value is -3.22. The molecule has 12 nitrogen and oxygen atoms in total. The van der Waals surface area contributed by atoms with Crippen LogP contribution < -0.4 is 27.0 Å². The Morgan fingerprint density at radius 1 is 1.07 bits per heavy atom. The number of hydrogen-bond donors (Lipinski definition) is 5. The summed E-state index contributed by atoms with van der Waals surface area (Å²) in [5.74, 6) is -2.65. The summed E-state index contributed by atoms with van der Waals surface area (Å²) in [5, 5.41) is 11.5. The number of benzene rings is 1. The van der Waals surface area contributed by atoms with Crippen LogP contribution in [0.2, 0.25) is 5.02 Å². The number of piperidine rings is 1. The van der Waals surface area contributed by atoms with E-state index < -0.39 is 23.9 Å². The fourth-order valence-electron chi connectivity index (χ4n) is 5.95. The average molecular weight is 621 g/mol. The molecule has 1 saturated heterocycles. The minimum absolute atomic E-state index is 0.00786. The minimum Gasteiger partial charge on any atom is -0.452 e. The zero-order chi connectivity index (χ0) is 31.2. The Morgan fingerprint density at radius 3 is 2.47 bits per heavy atom. The monoisotopic (exact) mass is 620 g/mol. The maximum Gasteiger partial charge on any atom is 0.313 e. The summed E-state index contributed by atoms with van der Waals surface area (Å²) in [7, 11) is 1.49. The molecule has 43 heavy (non-hydrogen) atoms. The Balaban J connectivity index is 1.53. The van der Waals surface area contributed by atoms with Gasteiger partial charge in [-0.25, -0.2) is 0 Å². The predicted molar refractivity (Wildman–Crippen MR) is 163 cm³/mol. The van der Waals surface area contributed by atoms with Gasteiger partial charge in [-0.05, 0) is 69.3 Å². The first-order valence-electron chi connectivity index (χ1n) is 15.2. The van der Waals surface area contributed by atoms with Crippen LogP contribution in [0, 0.1) is 0 Å². The van der Waals surface area contributed by atoms with Crippen molar-refractivity contribution in [2.24, 2.45) is 5.73 Å². The molecular weight excluding hydrogens is 576 g/mol. The van der Waals surface area contributed by atoms with Gasteiger partial charge in [0.05, 0.1) is 6.42 Å². The largest absolute Gasteiger partial charge is 0.452 e. The molecule has 2 unspecified atom stereocenters. The van der Waals surface area contributed by atoms with E-state index in [-0.39, 0.29) is 36.2 Å².